The van der Waals surface area contributed by atoms with E-state index in [2.05, 4.69) is 135 Å². The van der Waals surface area contributed by atoms with E-state index in [1.807, 2.05) is 30.7 Å². The lowest BCUT2D eigenvalue weighted by Crippen LogP contribution is -2.15. The maximum Gasteiger partial charge on any atom is 0.160 e. The molecule has 1 aliphatic rings. The predicted molar refractivity (Wildman–Crippen MR) is 219 cm³/mol. The topological polar surface area (TPSA) is 51.8 Å². The van der Waals surface area contributed by atoms with Gasteiger partial charge in [-0.05, 0) is 75.8 Å². The lowest BCUT2D eigenvalue weighted by Gasteiger charge is -2.22. The van der Waals surface area contributed by atoms with Crippen molar-refractivity contribution >= 4 is 53.4 Å². The molecule has 0 amide bonds. The normalized spacial score (nSPS) is 13.2. The number of furan rings is 1. The molecule has 0 saturated carbocycles. The molecule has 4 nitrogen and oxygen atoms in total. The number of nitrogens with zero attached hydrogens (tertiary/aromatic N) is 3. The molecule has 0 fully saturated rings. The van der Waals surface area contributed by atoms with Crippen molar-refractivity contribution in [3.63, 3.8) is 0 Å². The Kier molecular flexibility index (Phi) is 6.43. The van der Waals surface area contributed by atoms with Gasteiger partial charge < -0.3 is 4.42 Å². The monoisotopic (exact) mass is 697 g/mol. The molecule has 0 spiro atoms. The van der Waals surface area contributed by atoms with Crippen LogP contribution in [-0.4, -0.2) is 15.0 Å². The third-order valence-corrected chi connectivity index (χ3v) is 12.3. The summed E-state index contributed by atoms with van der Waals surface area (Å²) in [5, 5.41) is 4.77. The van der Waals surface area contributed by atoms with Gasteiger partial charge in [0, 0.05) is 77.2 Å². The van der Waals surface area contributed by atoms with Crippen LogP contribution in [0.4, 0.5) is 0 Å². The fraction of sp³-hybridized carbons (Fsp3) is 0.0625. The second-order valence-electron chi connectivity index (χ2n) is 14.4. The number of pyridine rings is 1. The standard InChI is InChI=1S/C48H31N3OS/c1-48(2)40-23-28(30-19-22-42(49-25-30)38-13-7-11-36-34-9-3-5-15-43(34)52-45(36)38)17-20-32(40)33-21-18-29(24-41(33)48)31-26-50-47(51-27-31)39-14-8-12-37-35-10-4-6-16-44(35)53-46(37)39/h3-27H,1-2H3. The molecule has 0 aliphatic heterocycles. The summed E-state index contributed by atoms with van der Waals surface area (Å²) in [7, 11) is 0. The van der Waals surface area contributed by atoms with Crippen LogP contribution in [0, 0.1) is 0 Å². The average Bonchev–Trinajstić information content (AvgIpc) is 3.86. The molecular formula is C48H31N3OS. The molecule has 10 aromatic rings. The van der Waals surface area contributed by atoms with E-state index in [1.54, 1.807) is 11.3 Å². The Labute approximate surface area is 310 Å². The Morgan fingerprint density at radius 2 is 1.11 bits per heavy atom. The molecule has 250 valence electrons. The maximum absolute atomic E-state index is 6.29. The Morgan fingerprint density at radius 3 is 1.87 bits per heavy atom. The zero-order valence-corrected chi connectivity index (χ0v) is 29.9. The largest absolute Gasteiger partial charge is 0.455 e. The predicted octanol–water partition coefficient (Wildman–Crippen LogP) is 13.1. The summed E-state index contributed by atoms with van der Waals surface area (Å²) in [4.78, 5) is 14.7. The minimum Gasteiger partial charge on any atom is -0.455 e. The molecule has 0 bridgehead atoms. The molecule has 4 heterocycles. The van der Waals surface area contributed by atoms with Gasteiger partial charge in [0.1, 0.15) is 11.2 Å². The van der Waals surface area contributed by atoms with Crippen molar-refractivity contribution in [1.82, 2.24) is 15.0 Å². The molecule has 0 N–H and O–H groups in total. The van der Waals surface area contributed by atoms with Gasteiger partial charge in [0.2, 0.25) is 0 Å². The summed E-state index contributed by atoms with van der Waals surface area (Å²) in [6.07, 6.45) is 5.92. The number of hydrogen-bond donors (Lipinski definition) is 0. The Balaban J connectivity index is 0.898. The van der Waals surface area contributed by atoms with Gasteiger partial charge in [0.25, 0.3) is 0 Å². The van der Waals surface area contributed by atoms with E-state index in [0.717, 1.165) is 66.8 Å². The van der Waals surface area contributed by atoms with E-state index in [-0.39, 0.29) is 5.41 Å². The van der Waals surface area contributed by atoms with Crippen LogP contribution in [-0.2, 0) is 5.41 Å². The van der Waals surface area contributed by atoms with E-state index in [0.29, 0.717) is 0 Å². The van der Waals surface area contributed by atoms with Crippen molar-refractivity contribution in [1.29, 1.82) is 0 Å². The molecule has 4 aromatic heterocycles. The zero-order valence-electron chi connectivity index (χ0n) is 29.1. The molecule has 0 unspecified atom stereocenters. The molecule has 6 aromatic carbocycles. The van der Waals surface area contributed by atoms with Crippen molar-refractivity contribution in [3.05, 3.63) is 163 Å². The van der Waals surface area contributed by atoms with Crippen molar-refractivity contribution in [2.45, 2.75) is 19.3 Å². The minimum absolute atomic E-state index is 0.182. The summed E-state index contributed by atoms with van der Waals surface area (Å²) in [6, 6.07) is 47.4. The highest BCUT2D eigenvalue weighted by atomic mass is 32.1. The molecule has 0 atom stereocenters. The summed E-state index contributed by atoms with van der Waals surface area (Å²) < 4.78 is 8.80. The van der Waals surface area contributed by atoms with Gasteiger partial charge in [-0.2, -0.15) is 0 Å². The van der Waals surface area contributed by atoms with E-state index >= 15 is 0 Å². The zero-order chi connectivity index (χ0) is 35.3. The summed E-state index contributed by atoms with van der Waals surface area (Å²) in [5.74, 6) is 0.751. The first-order valence-electron chi connectivity index (χ1n) is 17.9. The number of fused-ring (bicyclic) bond motifs is 9. The first-order chi connectivity index (χ1) is 26.0. The van der Waals surface area contributed by atoms with Crippen molar-refractivity contribution in [2.75, 3.05) is 0 Å². The fourth-order valence-corrected chi connectivity index (χ4v) is 9.52. The van der Waals surface area contributed by atoms with Crippen molar-refractivity contribution < 1.29 is 4.42 Å². The highest BCUT2D eigenvalue weighted by Gasteiger charge is 2.36. The molecule has 5 heteroatoms. The van der Waals surface area contributed by atoms with Crippen molar-refractivity contribution in [3.8, 4) is 56.0 Å². The third kappa shape index (κ3) is 4.57. The molecule has 11 rings (SSSR count). The number of thiophene rings is 1. The maximum atomic E-state index is 6.29. The van der Waals surface area contributed by atoms with Gasteiger partial charge in [-0.3, -0.25) is 4.98 Å². The minimum atomic E-state index is -0.182. The molecule has 0 saturated heterocycles. The molecule has 1 aliphatic carbocycles. The lowest BCUT2D eigenvalue weighted by atomic mass is 9.81. The smallest absolute Gasteiger partial charge is 0.160 e. The van der Waals surface area contributed by atoms with Gasteiger partial charge in [0.05, 0.1) is 5.69 Å². The van der Waals surface area contributed by atoms with Gasteiger partial charge in [-0.15, -0.1) is 11.3 Å². The number of rotatable bonds is 4. The number of benzene rings is 6. The number of para-hydroxylation sites is 2. The van der Waals surface area contributed by atoms with Gasteiger partial charge in [0.15, 0.2) is 5.82 Å². The van der Waals surface area contributed by atoms with Crippen LogP contribution in [0.3, 0.4) is 0 Å². The fourth-order valence-electron chi connectivity index (χ4n) is 8.31. The summed E-state index contributed by atoms with van der Waals surface area (Å²) in [5.41, 5.74) is 14.1. The van der Waals surface area contributed by atoms with Crippen LogP contribution in [0.1, 0.15) is 25.0 Å². The van der Waals surface area contributed by atoms with Crippen LogP contribution in [0.5, 0.6) is 0 Å². The first-order valence-corrected chi connectivity index (χ1v) is 18.7. The van der Waals surface area contributed by atoms with Crippen LogP contribution in [0.25, 0.3) is 98.1 Å². The number of hydrogen-bond acceptors (Lipinski definition) is 5. The van der Waals surface area contributed by atoms with Gasteiger partial charge >= 0.3 is 0 Å². The lowest BCUT2D eigenvalue weighted by molar-refractivity contribution is 0.661. The van der Waals surface area contributed by atoms with Crippen molar-refractivity contribution in [2.24, 2.45) is 0 Å². The van der Waals surface area contributed by atoms with E-state index in [1.165, 1.54) is 42.4 Å². The van der Waals surface area contributed by atoms with E-state index in [9.17, 15) is 0 Å². The quantitative estimate of drug-likeness (QED) is 0.184. The van der Waals surface area contributed by atoms with Gasteiger partial charge in [-0.1, -0.05) is 105 Å². The highest BCUT2D eigenvalue weighted by Crippen LogP contribution is 2.51. The molecular weight excluding hydrogens is 667 g/mol. The SMILES string of the molecule is CC1(C)c2cc(-c3ccc(-c4cccc5c4oc4ccccc45)nc3)ccc2-c2ccc(-c3cnc(-c4cccc5c4sc4ccccc45)nc3)cc21. The Morgan fingerprint density at radius 1 is 0.491 bits per heavy atom. The molecule has 53 heavy (non-hydrogen) atoms. The summed E-state index contributed by atoms with van der Waals surface area (Å²) >= 11 is 1.80. The second-order valence-corrected chi connectivity index (χ2v) is 15.5. The summed E-state index contributed by atoms with van der Waals surface area (Å²) in [6.45, 7) is 4.65. The van der Waals surface area contributed by atoms with E-state index < -0.39 is 0 Å². The number of aromatic nitrogens is 3. The van der Waals surface area contributed by atoms with E-state index in [4.69, 9.17) is 19.4 Å². The van der Waals surface area contributed by atoms with Crippen LogP contribution < -0.4 is 0 Å². The third-order valence-electron chi connectivity index (χ3n) is 11.1. The first kappa shape index (κ1) is 30.2. The van der Waals surface area contributed by atoms with Gasteiger partial charge in [-0.25, -0.2) is 9.97 Å². The van der Waals surface area contributed by atoms with Crippen LogP contribution >= 0.6 is 11.3 Å². The van der Waals surface area contributed by atoms with Crippen LogP contribution in [0.2, 0.25) is 0 Å². The molecule has 0 radical (unpaired) electrons. The Bertz CT molecular complexity index is 2870. The highest BCUT2D eigenvalue weighted by molar-refractivity contribution is 7.26. The average molecular weight is 698 g/mol. The second kappa shape index (κ2) is 11.3. The van der Waals surface area contributed by atoms with Crippen LogP contribution in [0.15, 0.2) is 156 Å². The Hall–Kier alpha value is -6.43.